The van der Waals surface area contributed by atoms with E-state index in [-0.39, 0.29) is 18.2 Å². The number of thiocarbonyl (C=S) groups is 1. The summed E-state index contributed by atoms with van der Waals surface area (Å²) in [6.45, 7) is 6.67. The van der Waals surface area contributed by atoms with Gasteiger partial charge in [0, 0.05) is 19.4 Å². The van der Waals surface area contributed by atoms with Crippen LogP contribution in [0.15, 0.2) is 29.2 Å². The maximum absolute atomic E-state index is 12.7. The van der Waals surface area contributed by atoms with Gasteiger partial charge in [-0.1, -0.05) is 79.0 Å². The number of thioether (sulfide) groups is 1. The Morgan fingerprint density at radius 2 is 2.00 bits per heavy atom. The van der Waals surface area contributed by atoms with Gasteiger partial charge in [-0.05, 0) is 30.9 Å². The minimum atomic E-state index is -0.136. The van der Waals surface area contributed by atoms with Crippen molar-refractivity contribution in [3.05, 3.63) is 45.3 Å². The van der Waals surface area contributed by atoms with E-state index in [2.05, 4.69) is 29.4 Å². The third kappa shape index (κ3) is 6.20. The number of aryl methyl sites for hydroxylation is 1. The molecule has 1 aromatic heterocycles. The second-order valence-electron chi connectivity index (χ2n) is 7.49. The third-order valence-electron chi connectivity index (χ3n) is 4.33. The molecule has 0 radical (unpaired) electrons. The van der Waals surface area contributed by atoms with Crippen LogP contribution in [-0.2, 0) is 16.0 Å². The van der Waals surface area contributed by atoms with E-state index in [0.29, 0.717) is 33.2 Å². The predicted molar refractivity (Wildman–Crippen MR) is 127 cm³/mol. The highest BCUT2D eigenvalue weighted by Gasteiger charge is 2.31. The molecule has 0 saturated carbocycles. The summed E-state index contributed by atoms with van der Waals surface area (Å²) in [5.74, 6) is 0.252. The molecule has 0 aliphatic carbocycles. The van der Waals surface area contributed by atoms with Crippen molar-refractivity contribution in [3.63, 3.8) is 0 Å². The van der Waals surface area contributed by atoms with Gasteiger partial charge in [0.1, 0.15) is 9.33 Å². The number of hydrogen-bond acceptors (Lipinski definition) is 7. The zero-order valence-corrected chi connectivity index (χ0v) is 19.6. The standard InChI is InChI=1S/C21H24N4O2S3/c1-13(2)11-18-23-24-20(30-18)22-17(26)5-4-10-25-19(27)16(29-21(25)28)12-15-8-6-14(3)7-9-15/h6-9,12-13H,4-5,10-11H2,1-3H3,(H,22,24,26)/b16-12-. The first-order valence-electron chi connectivity index (χ1n) is 9.76. The Morgan fingerprint density at radius 1 is 1.27 bits per heavy atom. The smallest absolute Gasteiger partial charge is 0.266 e. The lowest BCUT2D eigenvalue weighted by atomic mass is 10.1. The minimum Gasteiger partial charge on any atom is -0.301 e. The number of hydrogen-bond donors (Lipinski definition) is 1. The molecule has 0 spiro atoms. The molecule has 158 valence electrons. The summed E-state index contributed by atoms with van der Waals surface area (Å²) < 4.78 is 0.529. The monoisotopic (exact) mass is 460 g/mol. The summed E-state index contributed by atoms with van der Waals surface area (Å²) in [6.07, 6.45) is 3.51. The summed E-state index contributed by atoms with van der Waals surface area (Å²) in [6, 6.07) is 7.97. The fourth-order valence-electron chi connectivity index (χ4n) is 2.82. The Hall–Kier alpha value is -2.10. The molecule has 2 heterocycles. The first kappa shape index (κ1) is 22.6. The largest absolute Gasteiger partial charge is 0.301 e. The molecule has 3 rings (SSSR count). The molecule has 0 atom stereocenters. The van der Waals surface area contributed by atoms with E-state index >= 15 is 0 Å². The highest BCUT2D eigenvalue weighted by molar-refractivity contribution is 8.26. The first-order chi connectivity index (χ1) is 14.3. The lowest BCUT2D eigenvalue weighted by Crippen LogP contribution is -2.29. The highest BCUT2D eigenvalue weighted by Crippen LogP contribution is 2.32. The second kappa shape index (κ2) is 10.3. The van der Waals surface area contributed by atoms with Gasteiger partial charge in [-0.25, -0.2) is 0 Å². The van der Waals surface area contributed by atoms with E-state index in [1.807, 2.05) is 37.3 Å². The van der Waals surface area contributed by atoms with Crippen molar-refractivity contribution in [3.8, 4) is 0 Å². The summed E-state index contributed by atoms with van der Waals surface area (Å²) in [5, 5.41) is 12.3. The van der Waals surface area contributed by atoms with Gasteiger partial charge < -0.3 is 5.32 Å². The van der Waals surface area contributed by atoms with Crippen molar-refractivity contribution in [2.24, 2.45) is 5.92 Å². The van der Waals surface area contributed by atoms with E-state index in [1.165, 1.54) is 28.7 Å². The summed E-state index contributed by atoms with van der Waals surface area (Å²) in [5.41, 5.74) is 2.14. The molecule has 0 bridgehead atoms. The van der Waals surface area contributed by atoms with Gasteiger partial charge >= 0.3 is 0 Å². The molecule has 1 saturated heterocycles. The minimum absolute atomic E-state index is 0.103. The molecule has 9 heteroatoms. The Bertz CT molecular complexity index is 967. The number of carbonyl (C=O) groups is 2. The van der Waals surface area contributed by atoms with Crippen molar-refractivity contribution < 1.29 is 9.59 Å². The van der Waals surface area contributed by atoms with Crippen LogP contribution in [0.4, 0.5) is 5.13 Å². The number of amides is 2. The molecule has 1 aliphatic heterocycles. The van der Waals surface area contributed by atoms with Gasteiger partial charge in [-0.15, -0.1) is 10.2 Å². The quantitative estimate of drug-likeness (QED) is 0.456. The summed E-state index contributed by atoms with van der Waals surface area (Å²) >= 11 is 8.07. The molecule has 6 nitrogen and oxygen atoms in total. The number of anilines is 1. The maximum Gasteiger partial charge on any atom is 0.266 e. The third-order valence-corrected chi connectivity index (χ3v) is 6.57. The summed E-state index contributed by atoms with van der Waals surface area (Å²) in [7, 11) is 0. The fourth-order valence-corrected chi connectivity index (χ4v) is 5.10. The molecule has 1 aromatic carbocycles. The van der Waals surface area contributed by atoms with Crippen LogP contribution in [0.25, 0.3) is 6.08 Å². The van der Waals surface area contributed by atoms with Gasteiger partial charge in [0.25, 0.3) is 5.91 Å². The number of carbonyl (C=O) groups excluding carboxylic acids is 2. The normalized spacial score (nSPS) is 15.5. The lowest BCUT2D eigenvalue weighted by molar-refractivity contribution is -0.122. The molecule has 2 amide bonds. The second-order valence-corrected chi connectivity index (χ2v) is 10.2. The van der Waals surface area contributed by atoms with E-state index in [9.17, 15) is 9.59 Å². The highest BCUT2D eigenvalue weighted by atomic mass is 32.2. The van der Waals surface area contributed by atoms with Crippen LogP contribution in [0.2, 0.25) is 0 Å². The van der Waals surface area contributed by atoms with E-state index in [0.717, 1.165) is 17.0 Å². The molecule has 1 N–H and O–H groups in total. The summed E-state index contributed by atoms with van der Waals surface area (Å²) in [4.78, 5) is 27.0. The van der Waals surface area contributed by atoms with Gasteiger partial charge in [0.05, 0.1) is 4.91 Å². The van der Waals surface area contributed by atoms with E-state index in [1.54, 1.807) is 4.90 Å². The van der Waals surface area contributed by atoms with Crippen LogP contribution in [0.3, 0.4) is 0 Å². The first-order valence-corrected chi connectivity index (χ1v) is 11.8. The van der Waals surface area contributed by atoms with Crippen molar-refractivity contribution in [1.29, 1.82) is 0 Å². The lowest BCUT2D eigenvalue weighted by Gasteiger charge is -2.13. The molecule has 1 fully saturated rings. The maximum atomic E-state index is 12.7. The van der Waals surface area contributed by atoms with Gasteiger partial charge in [-0.3, -0.25) is 14.5 Å². The Morgan fingerprint density at radius 3 is 2.70 bits per heavy atom. The van der Waals surface area contributed by atoms with Crippen LogP contribution in [0.1, 0.15) is 42.8 Å². The average Bonchev–Trinajstić information content (AvgIpc) is 3.21. The zero-order chi connectivity index (χ0) is 21.7. The molecule has 30 heavy (non-hydrogen) atoms. The van der Waals surface area contributed by atoms with Crippen LogP contribution in [-0.4, -0.2) is 37.8 Å². The zero-order valence-electron chi connectivity index (χ0n) is 17.2. The molecular weight excluding hydrogens is 436 g/mol. The van der Waals surface area contributed by atoms with Crippen LogP contribution < -0.4 is 5.32 Å². The molecule has 0 unspecified atom stereocenters. The van der Waals surface area contributed by atoms with Crippen LogP contribution in [0.5, 0.6) is 0 Å². The fraction of sp³-hybridized carbons (Fsp3) is 0.381. The van der Waals surface area contributed by atoms with Crippen molar-refractivity contribution in [1.82, 2.24) is 15.1 Å². The van der Waals surface area contributed by atoms with Crippen LogP contribution in [0, 0.1) is 12.8 Å². The van der Waals surface area contributed by atoms with Crippen molar-refractivity contribution in [2.75, 3.05) is 11.9 Å². The number of rotatable bonds is 8. The number of nitrogens with one attached hydrogen (secondary N) is 1. The van der Waals surface area contributed by atoms with E-state index in [4.69, 9.17) is 12.2 Å². The predicted octanol–water partition coefficient (Wildman–Crippen LogP) is 4.67. The Labute approximate surface area is 190 Å². The SMILES string of the molecule is Cc1ccc(/C=C2\SC(=S)N(CCCC(=O)Nc3nnc(CC(C)C)s3)C2=O)cc1. The molecule has 1 aliphatic rings. The van der Waals surface area contributed by atoms with Gasteiger partial charge in [-0.2, -0.15) is 0 Å². The Balaban J connectivity index is 1.49. The molecule has 2 aromatic rings. The van der Waals surface area contributed by atoms with E-state index < -0.39 is 0 Å². The van der Waals surface area contributed by atoms with Crippen LogP contribution >= 0.6 is 35.3 Å². The van der Waals surface area contributed by atoms with Crippen molar-refractivity contribution in [2.45, 2.75) is 40.0 Å². The van der Waals surface area contributed by atoms with Crippen molar-refractivity contribution >= 4 is 62.7 Å². The average molecular weight is 461 g/mol. The molecular formula is C21H24N4O2S3. The number of nitrogens with zero attached hydrogens (tertiary/aromatic N) is 3. The topological polar surface area (TPSA) is 75.2 Å². The number of aromatic nitrogens is 2. The Kier molecular flexibility index (Phi) is 7.74. The van der Waals surface area contributed by atoms with Gasteiger partial charge in [0.2, 0.25) is 11.0 Å². The number of benzene rings is 1. The van der Waals surface area contributed by atoms with Gasteiger partial charge in [0.15, 0.2) is 0 Å².